The van der Waals surface area contributed by atoms with E-state index in [0.29, 0.717) is 12.5 Å². The van der Waals surface area contributed by atoms with Crippen molar-refractivity contribution in [3.63, 3.8) is 0 Å². The van der Waals surface area contributed by atoms with Gasteiger partial charge in [0.05, 0.1) is 11.3 Å². The summed E-state index contributed by atoms with van der Waals surface area (Å²) in [6.45, 7) is 2.45. The maximum absolute atomic E-state index is 12.2. The van der Waals surface area contributed by atoms with Gasteiger partial charge in [0.15, 0.2) is 0 Å². The molecule has 3 N–H and O–H groups in total. The second-order valence-corrected chi connectivity index (χ2v) is 6.76. The summed E-state index contributed by atoms with van der Waals surface area (Å²) in [5.74, 6) is 0.511. The third kappa shape index (κ3) is 3.82. The average molecular weight is 312 g/mol. The number of aliphatic hydroxyl groups is 1. The van der Waals surface area contributed by atoms with Crippen LogP contribution in [0.5, 0.6) is 0 Å². The van der Waals surface area contributed by atoms with Gasteiger partial charge in [0.2, 0.25) is 0 Å². The predicted molar refractivity (Wildman–Crippen MR) is 93.6 cm³/mol. The fourth-order valence-corrected chi connectivity index (χ4v) is 3.54. The zero-order valence-electron chi connectivity index (χ0n) is 13.5. The Hall–Kier alpha value is -2.07. The molecule has 0 heterocycles. The van der Waals surface area contributed by atoms with E-state index in [2.05, 4.69) is 17.6 Å². The Morgan fingerprint density at radius 2 is 2.04 bits per heavy atom. The molecule has 23 heavy (non-hydrogen) atoms. The summed E-state index contributed by atoms with van der Waals surface area (Å²) in [6.07, 6.45) is 3.68. The Morgan fingerprint density at radius 3 is 2.87 bits per heavy atom. The molecule has 0 aromatic heterocycles. The number of rotatable bonds is 3. The highest BCUT2D eigenvalue weighted by molar-refractivity contribution is 6.01. The maximum atomic E-state index is 12.2. The molecule has 0 saturated heterocycles. The minimum Gasteiger partial charge on any atom is -0.388 e. The number of hydrogen-bond donors (Lipinski definition) is 3. The van der Waals surface area contributed by atoms with Gasteiger partial charge in [-0.25, -0.2) is 4.79 Å². The van der Waals surface area contributed by atoms with Crippen LogP contribution in [0, 0.1) is 5.92 Å². The first-order valence-corrected chi connectivity index (χ1v) is 8.31. The number of anilines is 1. The van der Waals surface area contributed by atoms with Gasteiger partial charge in [0.1, 0.15) is 0 Å². The molecular formula is C19H24N2O2. The lowest BCUT2D eigenvalue weighted by Gasteiger charge is -2.35. The first kappa shape index (κ1) is 15.8. The Bertz CT molecular complexity index is 695. The molecule has 1 aliphatic rings. The number of amides is 2. The quantitative estimate of drug-likeness (QED) is 0.805. The molecule has 0 aliphatic heterocycles. The van der Waals surface area contributed by atoms with E-state index in [1.807, 2.05) is 42.5 Å². The molecule has 1 fully saturated rings. The topological polar surface area (TPSA) is 61.4 Å². The fraction of sp³-hybridized carbons (Fsp3) is 0.421. The molecule has 1 aliphatic carbocycles. The lowest BCUT2D eigenvalue weighted by Crippen LogP contribution is -2.46. The van der Waals surface area contributed by atoms with Crippen molar-refractivity contribution in [1.82, 2.24) is 5.32 Å². The zero-order chi connectivity index (χ0) is 16.3. The van der Waals surface area contributed by atoms with Crippen LogP contribution in [0.2, 0.25) is 0 Å². The van der Waals surface area contributed by atoms with E-state index in [0.717, 1.165) is 42.1 Å². The van der Waals surface area contributed by atoms with Crippen LogP contribution in [0.4, 0.5) is 10.5 Å². The molecule has 2 atom stereocenters. The molecule has 2 amide bonds. The van der Waals surface area contributed by atoms with Crippen LogP contribution in [0.25, 0.3) is 10.8 Å². The van der Waals surface area contributed by atoms with Gasteiger partial charge in [-0.1, -0.05) is 56.2 Å². The third-order valence-corrected chi connectivity index (χ3v) is 4.68. The highest BCUT2D eigenvalue weighted by Gasteiger charge is 2.32. The molecule has 0 bridgehead atoms. The van der Waals surface area contributed by atoms with Crippen LogP contribution in [-0.2, 0) is 0 Å². The van der Waals surface area contributed by atoms with Crippen molar-refractivity contribution in [2.45, 2.75) is 38.2 Å². The SMILES string of the molecule is CC1CCCC(O)(CNC(=O)Nc2cccc3ccccc23)C1. The maximum Gasteiger partial charge on any atom is 0.319 e. The molecular weight excluding hydrogens is 288 g/mol. The minimum atomic E-state index is -0.770. The van der Waals surface area contributed by atoms with Gasteiger partial charge < -0.3 is 15.7 Å². The van der Waals surface area contributed by atoms with E-state index < -0.39 is 5.60 Å². The van der Waals surface area contributed by atoms with Crippen LogP contribution in [0.3, 0.4) is 0 Å². The number of carbonyl (C=O) groups is 1. The van der Waals surface area contributed by atoms with E-state index in [9.17, 15) is 9.90 Å². The van der Waals surface area contributed by atoms with Gasteiger partial charge in [-0.15, -0.1) is 0 Å². The lowest BCUT2D eigenvalue weighted by molar-refractivity contribution is -0.00920. The molecule has 2 aromatic rings. The summed E-state index contributed by atoms with van der Waals surface area (Å²) in [6, 6.07) is 13.5. The summed E-state index contributed by atoms with van der Waals surface area (Å²) >= 11 is 0. The first-order valence-electron chi connectivity index (χ1n) is 8.31. The van der Waals surface area contributed by atoms with Crippen molar-refractivity contribution in [1.29, 1.82) is 0 Å². The molecule has 122 valence electrons. The molecule has 0 radical (unpaired) electrons. The zero-order valence-corrected chi connectivity index (χ0v) is 13.5. The van der Waals surface area contributed by atoms with Crippen molar-refractivity contribution >= 4 is 22.5 Å². The lowest BCUT2D eigenvalue weighted by atomic mass is 9.79. The number of fused-ring (bicyclic) bond motifs is 1. The Kier molecular flexibility index (Phi) is 4.53. The molecule has 4 heteroatoms. The van der Waals surface area contributed by atoms with Crippen molar-refractivity contribution in [3.8, 4) is 0 Å². The van der Waals surface area contributed by atoms with Gasteiger partial charge >= 0.3 is 6.03 Å². The van der Waals surface area contributed by atoms with Gasteiger partial charge in [-0.2, -0.15) is 0 Å². The summed E-state index contributed by atoms with van der Waals surface area (Å²) in [5, 5.41) is 18.4. The van der Waals surface area contributed by atoms with Crippen LogP contribution in [0.15, 0.2) is 42.5 Å². The molecule has 4 nitrogen and oxygen atoms in total. The summed E-state index contributed by atoms with van der Waals surface area (Å²) in [7, 11) is 0. The second kappa shape index (κ2) is 6.59. The van der Waals surface area contributed by atoms with Crippen LogP contribution < -0.4 is 10.6 Å². The molecule has 2 unspecified atom stereocenters. The predicted octanol–water partition coefficient (Wildman–Crippen LogP) is 3.90. The van der Waals surface area contributed by atoms with E-state index in [4.69, 9.17) is 0 Å². The number of carbonyl (C=O) groups excluding carboxylic acids is 1. The minimum absolute atomic E-state index is 0.270. The number of benzene rings is 2. The third-order valence-electron chi connectivity index (χ3n) is 4.68. The van der Waals surface area contributed by atoms with Crippen molar-refractivity contribution in [3.05, 3.63) is 42.5 Å². The molecule has 2 aromatic carbocycles. The van der Waals surface area contributed by atoms with E-state index in [1.54, 1.807) is 0 Å². The van der Waals surface area contributed by atoms with E-state index >= 15 is 0 Å². The number of hydrogen-bond acceptors (Lipinski definition) is 2. The summed E-state index contributed by atoms with van der Waals surface area (Å²) in [5.41, 5.74) is 0.0120. The highest BCUT2D eigenvalue weighted by Crippen LogP contribution is 2.31. The van der Waals surface area contributed by atoms with Crippen LogP contribution in [-0.4, -0.2) is 23.3 Å². The van der Waals surface area contributed by atoms with Gasteiger partial charge in [0.25, 0.3) is 0 Å². The molecule has 0 spiro atoms. The fourth-order valence-electron chi connectivity index (χ4n) is 3.54. The first-order chi connectivity index (χ1) is 11.1. The Labute approximate surface area is 136 Å². The second-order valence-electron chi connectivity index (χ2n) is 6.76. The Morgan fingerprint density at radius 1 is 1.26 bits per heavy atom. The Balaban J connectivity index is 1.63. The molecule has 1 saturated carbocycles. The molecule has 3 rings (SSSR count). The van der Waals surface area contributed by atoms with Gasteiger partial charge in [0, 0.05) is 11.9 Å². The number of nitrogens with one attached hydrogen (secondary N) is 2. The van der Waals surface area contributed by atoms with Crippen molar-refractivity contribution in [2.24, 2.45) is 5.92 Å². The van der Waals surface area contributed by atoms with Crippen molar-refractivity contribution < 1.29 is 9.90 Å². The standard InChI is InChI=1S/C19H24N2O2/c1-14-6-5-11-19(23,12-14)13-20-18(22)21-17-10-4-8-15-7-2-3-9-16(15)17/h2-4,7-10,14,23H,5-6,11-13H2,1H3,(H2,20,21,22). The van der Waals surface area contributed by atoms with Gasteiger partial charge in [-0.05, 0) is 30.2 Å². The normalized spacial score (nSPS) is 24.3. The van der Waals surface area contributed by atoms with Crippen LogP contribution >= 0.6 is 0 Å². The average Bonchev–Trinajstić information content (AvgIpc) is 2.53. The smallest absolute Gasteiger partial charge is 0.319 e. The number of urea groups is 1. The van der Waals surface area contributed by atoms with Crippen LogP contribution in [0.1, 0.15) is 32.6 Å². The monoisotopic (exact) mass is 312 g/mol. The summed E-state index contributed by atoms with van der Waals surface area (Å²) < 4.78 is 0. The largest absolute Gasteiger partial charge is 0.388 e. The van der Waals surface area contributed by atoms with E-state index in [1.165, 1.54) is 0 Å². The summed E-state index contributed by atoms with van der Waals surface area (Å²) in [4.78, 5) is 12.2. The van der Waals surface area contributed by atoms with Gasteiger partial charge in [-0.3, -0.25) is 0 Å². The van der Waals surface area contributed by atoms with E-state index in [-0.39, 0.29) is 6.03 Å². The highest BCUT2D eigenvalue weighted by atomic mass is 16.3. The van der Waals surface area contributed by atoms with Crippen molar-refractivity contribution in [2.75, 3.05) is 11.9 Å².